The Morgan fingerprint density at radius 3 is 2.65 bits per heavy atom. The molecule has 1 aliphatic rings. The molecule has 1 aromatic rings. The SMILES string of the molecule is Cc1ccoc1C(=O)NCCNC(=O)C1CC1. The Labute approximate surface area is 99.6 Å². The maximum atomic E-state index is 11.6. The van der Waals surface area contributed by atoms with Crippen LogP contribution in [0.25, 0.3) is 0 Å². The Balaban J connectivity index is 1.66. The van der Waals surface area contributed by atoms with Crippen LogP contribution in [0.15, 0.2) is 16.7 Å². The van der Waals surface area contributed by atoms with Crippen molar-refractivity contribution in [3.05, 3.63) is 23.7 Å². The fourth-order valence-corrected chi connectivity index (χ4v) is 1.54. The van der Waals surface area contributed by atoms with E-state index < -0.39 is 0 Å². The van der Waals surface area contributed by atoms with Crippen LogP contribution < -0.4 is 10.6 Å². The van der Waals surface area contributed by atoms with Crippen LogP contribution in [-0.2, 0) is 4.79 Å². The van der Waals surface area contributed by atoms with Gasteiger partial charge in [0.05, 0.1) is 6.26 Å². The lowest BCUT2D eigenvalue weighted by atomic mass is 10.3. The second-order valence-electron chi connectivity index (χ2n) is 4.25. The van der Waals surface area contributed by atoms with Gasteiger partial charge in [-0.25, -0.2) is 0 Å². The van der Waals surface area contributed by atoms with Crippen LogP contribution in [0.1, 0.15) is 29.0 Å². The molecule has 1 aromatic heterocycles. The summed E-state index contributed by atoms with van der Waals surface area (Å²) in [6, 6.07) is 1.74. The highest BCUT2D eigenvalue weighted by Crippen LogP contribution is 2.28. The molecule has 1 aliphatic carbocycles. The third-order valence-corrected chi connectivity index (χ3v) is 2.73. The molecule has 0 aromatic carbocycles. The normalized spacial score (nSPS) is 14.4. The molecule has 0 unspecified atom stereocenters. The summed E-state index contributed by atoms with van der Waals surface area (Å²) in [6.07, 6.45) is 3.46. The predicted molar refractivity (Wildman–Crippen MR) is 61.5 cm³/mol. The molecule has 0 spiro atoms. The molecular weight excluding hydrogens is 220 g/mol. The molecule has 2 N–H and O–H groups in total. The highest BCUT2D eigenvalue weighted by molar-refractivity contribution is 5.92. The summed E-state index contributed by atoms with van der Waals surface area (Å²) < 4.78 is 5.05. The molecule has 1 fully saturated rings. The number of aryl methyl sites for hydroxylation is 1. The number of rotatable bonds is 5. The molecule has 2 amide bonds. The van der Waals surface area contributed by atoms with Gasteiger partial charge in [0.25, 0.3) is 5.91 Å². The summed E-state index contributed by atoms with van der Waals surface area (Å²) in [5.41, 5.74) is 0.810. The fraction of sp³-hybridized carbons (Fsp3) is 0.500. The Morgan fingerprint density at radius 2 is 2.06 bits per heavy atom. The van der Waals surface area contributed by atoms with E-state index in [0.29, 0.717) is 18.8 Å². The van der Waals surface area contributed by atoms with Gasteiger partial charge in [-0.2, -0.15) is 0 Å². The Morgan fingerprint density at radius 1 is 1.35 bits per heavy atom. The topological polar surface area (TPSA) is 71.3 Å². The second kappa shape index (κ2) is 5.03. The molecule has 0 aliphatic heterocycles. The first-order chi connectivity index (χ1) is 8.18. The standard InChI is InChI=1S/C12H16N2O3/c1-8-4-7-17-10(8)12(16)14-6-5-13-11(15)9-2-3-9/h4,7,9H,2-3,5-6H2,1H3,(H,13,15)(H,14,16). The molecule has 0 atom stereocenters. The van der Waals surface area contributed by atoms with E-state index in [1.54, 1.807) is 6.07 Å². The molecule has 1 saturated carbocycles. The van der Waals surface area contributed by atoms with Gasteiger partial charge < -0.3 is 15.1 Å². The van der Waals surface area contributed by atoms with Gasteiger partial charge in [-0.3, -0.25) is 9.59 Å². The smallest absolute Gasteiger partial charge is 0.287 e. The van der Waals surface area contributed by atoms with Crippen LogP contribution >= 0.6 is 0 Å². The van der Waals surface area contributed by atoms with Gasteiger partial charge in [0.2, 0.25) is 5.91 Å². The van der Waals surface area contributed by atoms with Gasteiger partial charge in [-0.1, -0.05) is 0 Å². The molecule has 1 heterocycles. The lowest BCUT2D eigenvalue weighted by Crippen LogP contribution is -2.35. The Kier molecular flexibility index (Phi) is 3.46. The third kappa shape index (κ3) is 3.09. The maximum Gasteiger partial charge on any atom is 0.287 e. The van der Waals surface area contributed by atoms with Crippen LogP contribution in [0.2, 0.25) is 0 Å². The van der Waals surface area contributed by atoms with E-state index in [1.165, 1.54) is 6.26 Å². The predicted octanol–water partition coefficient (Wildman–Crippen LogP) is 0.844. The Hall–Kier alpha value is -1.78. The van der Waals surface area contributed by atoms with E-state index in [2.05, 4.69) is 10.6 Å². The van der Waals surface area contributed by atoms with Crippen LogP contribution in [-0.4, -0.2) is 24.9 Å². The monoisotopic (exact) mass is 236 g/mol. The highest BCUT2D eigenvalue weighted by Gasteiger charge is 2.29. The molecule has 17 heavy (non-hydrogen) atoms. The number of furan rings is 1. The van der Waals surface area contributed by atoms with Crippen molar-refractivity contribution in [3.8, 4) is 0 Å². The molecule has 5 nitrogen and oxygen atoms in total. The van der Waals surface area contributed by atoms with Crippen LogP contribution in [0.4, 0.5) is 0 Å². The van der Waals surface area contributed by atoms with Gasteiger partial charge >= 0.3 is 0 Å². The summed E-state index contributed by atoms with van der Waals surface area (Å²) >= 11 is 0. The molecule has 92 valence electrons. The van der Waals surface area contributed by atoms with E-state index in [4.69, 9.17) is 4.42 Å². The number of hydrogen-bond acceptors (Lipinski definition) is 3. The summed E-state index contributed by atoms with van der Waals surface area (Å²) in [5, 5.41) is 5.47. The molecule has 5 heteroatoms. The Bertz CT molecular complexity index is 421. The minimum Gasteiger partial charge on any atom is -0.459 e. The minimum absolute atomic E-state index is 0.0911. The largest absolute Gasteiger partial charge is 0.459 e. The number of hydrogen-bond donors (Lipinski definition) is 2. The average molecular weight is 236 g/mol. The van der Waals surface area contributed by atoms with Crippen molar-refractivity contribution < 1.29 is 14.0 Å². The van der Waals surface area contributed by atoms with Crippen LogP contribution in [0.5, 0.6) is 0 Å². The maximum absolute atomic E-state index is 11.6. The average Bonchev–Trinajstić information content (AvgIpc) is 3.07. The molecule has 0 saturated heterocycles. The van der Waals surface area contributed by atoms with Gasteiger partial charge in [-0.15, -0.1) is 0 Å². The van der Waals surface area contributed by atoms with E-state index in [1.807, 2.05) is 6.92 Å². The minimum atomic E-state index is -0.242. The van der Waals surface area contributed by atoms with Crippen molar-refractivity contribution in [2.45, 2.75) is 19.8 Å². The van der Waals surface area contributed by atoms with Crippen LogP contribution in [0.3, 0.4) is 0 Å². The van der Waals surface area contributed by atoms with Gasteiger partial charge in [-0.05, 0) is 25.8 Å². The van der Waals surface area contributed by atoms with Gasteiger partial charge in [0.15, 0.2) is 5.76 Å². The zero-order valence-corrected chi connectivity index (χ0v) is 9.79. The quantitative estimate of drug-likeness (QED) is 0.744. The van der Waals surface area contributed by atoms with E-state index in [0.717, 1.165) is 18.4 Å². The van der Waals surface area contributed by atoms with Crippen molar-refractivity contribution >= 4 is 11.8 Å². The lowest BCUT2D eigenvalue weighted by molar-refractivity contribution is -0.122. The molecule has 0 bridgehead atoms. The summed E-state index contributed by atoms with van der Waals surface area (Å²) in [5.74, 6) is 0.387. The fourth-order valence-electron chi connectivity index (χ4n) is 1.54. The first-order valence-corrected chi connectivity index (χ1v) is 5.78. The van der Waals surface area contributed by atoms with Crippen molar-refractivity contribution in [3.63, 3.8) is 0 Å². The second-order valence-corrected chi connectivity index (χ2v) is 4.25. The highest BCUT2D eigenvalue weighted by atomic mass is 16.3. The summed E-state index contributed by atoms with van der Waals surface area (Å²) in [6.45, 7) is 2.69. The third-order valence-electron chi connectivity index (χ3n) is 2.73. The molecule has 2 rings (SSSR count). The first kappa shape index (κ1) is 11.7. The first-order valence-electron chi connectivity index (χ1n) is 5.78. The van der Waals surface area contributed by atoms with E-state index in [9.17, 15) is 9.59 Å². The number of amides is 2. The van der Waals surface area contributed by atoms with E-state index in [-0.39, 0.29) is 17.7 Å². The van der Waals surface area contributed by atoms with Gasteiger partial charge in [0.1, 0.15) is 0 Å². The van der Waals surface area contributed by atoms with Crippen LogP contribution in [0, 0.1) is 12.8 Å². The van der Waals surface area contributed by atoms with Gasteiger partial charge in [0, 0.05) is 24.6 Å². The number of nitrogens with one attached hydrogen (secondary N) is 2. The number of carbonyl (C=O) groups excluding carboxylic acids is 2. The number of carbonyl (C=O) groups is 2. The van der Waals surface area contributed by atoms with E-state index >= 15 is 0 Å². The summed E-state index contributed by atoms with van der Waals surface area (Å²) in [4.78, 5) is 22.9. The van der Waals surface area contributed by atoms with Crippen molar-refractivity contribution in [2.75, 3.05) is 13.1 Å². The zero-order valence-electron chi connectivity index (χ0n) is 9.79. The molecular formula is C12H16N2O3. The zero-order chi connectivity index (χ0) is 12.3. The van der Waals surface area contributed by atoms with Crippen molar-refractivity contribution in [1.29, 1.82) is 0 Å². The molecule has 0 radical (unpaired) electrons. The van der Waals surface area contributed by atoms with Crippen molar-refractivity contribution in [1.82, 2.24) is 10.6 Å². The van der Waals surface area contributed by atoms with Crippen molar-refractivity contribution in [2.24, 2.45) is 5.92 Å². The summed E-state index contributed by atoms with van der Waals surface area (Å²) in [7, 11) is 0. The lowest BCUT2D eigenvalue weighted by Gasteiger charge is -2.05.